The van der Waals surface area contributed by atoms with Crippen LogP contribution in [0.3, 0.4) is 0 Å². The van der Waals surface area contributed by atoms with E-state index in [1.54, 1.807) is 10.6 Å². The van der Waals surface area contributed by atoms with E-state index in [0.29, 0.717) is 12.2 Å². The van der Waals surface area contributed by atoms with Crippen molar-refractivity contribution in [1.82, 2.24) is 24.8 Å². The number of amides is 1. The van der Waals surface area contributed by atoms with Crippen molar-refractivity contribution in [2.24, 2.45) is 0 Å². The number of imidazole rings is 1. The van der Waals surface area contributed by atoms with Gasteiger partial charge in [0.15, 0.2) is 5.82 Å². The Hall–Kier alpha value is -5.01. The summed E-state index contributed by atoms with van der Waals surface area (Å²) in [5.74, 6) is -3.70. The lowest BCUT2D eigenvalue weighted by atomic mass is 10.0. The number of carboxylic acid groups (broad SMARTS) is 1. The molecule has 2 aromatic carbocycles. The lowest BCUT2D eigenvalue weighted by Gasteiger charge is -2.27. The van der Waals surface area contributed by atoms with Crippen LogP contribution in [0.4, 0.5) is 13.2 Å². The fourth-order valence-corrected chi connectivity index (χ4v) is 5.24. The Labute approximate surface area is 264 Å². The highest BCUT2D eigenvalue weighted by atomic mass is 35.5. The van der Waals surface area contributed by atoms with Gasteiger partial charge in [-0.15, -0.1) is 0 Å². The Morgan fingerprint density at radius 3 is 2.59 bits per heavy atom. The summed E-state index contributed by atoms with van der Waals surface area (Å²) in [7, 11) is 1.47. The van der Waals surface area contributed by atoms with Crippen LogP contribution in [0.1, 0.15) is 44.2 Å². The van der Waals surface area contributed by atoms with E-state index in [9.17, 15) is 19.1 Å². The Kier molecular flexibility index (Phi) is 8.61. The number of halogens is 4. The summed E-state index contributed by atoms with van der Waals surface area (Å²) in [5, 5.41) is 12.1. The van der Waals surface area contributed by atoms with Crippen LogP contribution in [-0.2, 0) is 24.3 Å². The highest BCUT2D eigenvalue weighted by Crippen LogP contribution is 2.30. The number of hydrogen-bond acceptors (Lipinski definition) is 7. The standard InChI is InChI=1S/C32H25ClF3N5O5/c1-37-31(42)26-12-21(33)18(13-38-26)15-46-29-4-2-3-25(39-29)20-11-22(34)16(7-23(20)35)10-28-40-30-24(36)8-17(32(43)44)9-27(30)41(28)14-19-5-6-45-19/h2-4,7-9,11-13,19H,5-6,10,14-15H2,1H3,(H,37,42)(H,43,44). The monoisotopic (exact) mass is 651 g/mol. The van der Waals surface area contributed by atoms with E-state index in [1.807, 2.05) is 0 Å². The zero-order valence-corrected chi connectivity index (χ0v) is 24.9. The first-order valence-electron chi connectivity index (χ1n) is 14.1. The van der Waals surface area contributed by atoms with Gasteiger partial charge in [0.05, 0.1) is 34.4 Å². The number of hydrogen-bond donors (Lipinski definition) is 2. The number of rotatable bonds is 10. The molecule has 6 rings (SSSR count). The second-order valence-corrected chi connectivity index (χ2v) is 10.9. The molecule has 236 valence electrons. The van der Waals surface area contributed by atoms with Gasteiger partial charge in [-0.25, -0.2) is 27.9 Å². The molecule has 0 saturated carbocycles. The molecule has 1 unspecified atom stereocenters. The molecule has 1 saturated heterocycles. The summed E-state index contributed by atoms with van der Waals surface area (Å²) < 4.78 is 58.7. The van der Waals surface area contributed by atoms with Gasteiger partial charge in [-0.3, -0.25) is 9.78 Å². The van der Waals surface area contributed by atoms with E-state index in [-0.39, 0.29) is 81.5 Å². The molecule has 5 aromatic rings. The third-order valence-electron chi connectivity index (χ3n) is 7.56. The van der Waals surface area contributed by atoms with E-state index < -0.39 is 29.3 Å². The van der Waals surface area contributed by atoms with Gasteiger partial charge in [-0.2, -0.15) is 0 Å². The molecule has 14 heteroatoms. The summed E-state index contributed by atoms with van der Waals surface area (Å²) in [6.07, 6.45) is 1.74. The number of nitrogens with zero attached hydrogens (tertiary/aromatic N) is 4. The molecule has 1 fully saturated rings. The number of pyridine rings is 2. The van der Waals surface area contributed by atoms with Gasteiger partial charge in [0.25, 0.3) is 5.91 Å². The second-order valence-electron chi connectivity index (χ2n) is 10.5. The summed E-state index contributed by atoms with van der Waals surface area (Å²) in [4.78, 5) is 36.0. The fourth-order valence-electron chi connectivity index (χ4n) is 5.03. The SMILES string of the molecule is CNC(=O)c1cc(Cl)c(COc2cccc(-c3cc(F)c(Cc4nc5c(F)cc(C(=O)O)cc5n4CC4CCO4)cc3F)n2)cn1. The molecule has 1 atom stereocenters. The van der Waals surface area contributed by atoms with Gasteiger partial charge in [0, 0.05) is 43.5 Å². The zero-order valence-electron chi connectivity index (χ0n) is 24.2. The van der Waals surface area contributed by atoms with Crippen LogP contribution in [-0.4, -0.2) is 56.3 Å². The summed E-state index contributed by atoms with van der Waals surface area (Å²) in [6, 6.07) is 10.2. The number of benzene rings is 2. The Morgan fingerprint density at radius 2 is 1.89 bits per heavy atom. The summed E-state index contributed by atoms with van der Waals surface area (Å²) in [5.41, 5.74) is 0.468. The smallest absolute Gasteiger partial charge is 0.335 e. The minimum absolute atomic E-state index is 0.0408. The van der Waals surface area contributed by atoms with Crippen LogP contribution < -0.4 is 10.1 Å². The van der Waals surface area contributed by atoms with Crippen molar-refractivity contribution in [1.29, 1.82) is 0 Å². The number of carbonyl (C=O) groups is 2. The van der Waals surface area contributed by atoms with Crippen LogP contribution in [0.2, 0.25) is 5.02 Å². The van der Waals surface area contributed by atoms with Crippen molar-refractivity contribution in [2.75, 3.05) is 13.7 Å². The van der Waals surface area contributed by atoms with E-state index in [1.165, 1.54) is 37.5 Å². The van der Waals surface area contributed by atoms with Crippen molar-refractivity contribution in [3.05, 3.63) is 105 Å². The summed E-state index contributed by atoms with van der Waals surface area (Å²) in [6.45, 7) is 0.750. The lowest BCUT2D eigenvalue weighted by Crippen LogP contribution is -2.31. The van der Waals surface area contributed by atoms with Gasteiger partial charge in [0.1, 0.15) is 35.3 Å². The molecule has 1 aliphatic rings. The number of aromatic carboxylic acids is 1. The number of carboxylic acids is 1. The third kappa shape index (κ3) is 6.24. The average Bonchev–Trinajstić information content (AvgIpc) is 3.36. The quantitative estimate of drug-likeness (QED) is 0.200. The highest BCUT2D eigenvalue weighted by Gasteiger charge is 2.25. The minimum atomic E-state index is -1.31. The molecular weight excluding hydrogens is 627 g/mol. The molecule has 3 aromatic heterocycles. The fraction of sp³-hybridized carbons (Fsp3) is 0.219. The van der Waals surface area contributed by atoms with E-state index in [4.69, 9.17) is 21.1 Å². The van der Waals surface area contributed by atoms with Crippen molar-refractivity contribution >= 4 is 34.5 Å². The van der Waals surface area contributed by atoms with Gasteiger partial charge in [0.2, 0.25) is 5.88 Å². The van der Waals surface area contributed by atoms with Crippen molar-refractivity contribution in [3.8, 4) is 17.1 Å². The number of carbonyl (C=O) groups excluding carboxylic acids is 1. The first kappa shape index (κ1) is 31.0. The number of ether oxygens (including phenoxy) is 2. The summed E-state index contributed by atoms with van der Waals surface area (Å²) >= 11 is 6.26. The van der Waals surface area contributed by atoms with E-state index in [0.717, 1.165) is 24.6 Å². The van der Waals surface area contributed by atoms with Crippen molar-refractivity contribution in [3.63, 3.8) is 0 Å². The molecule has 46 heavy (non-hydrogen) atoms. The predicted molar refractivity (Wildman–Crippen MR) is 160 cm³/mol. The van der Waals surface area contributed by atoms with Crippen LogP contribution in [0.25, 0.3) is 22.3 Å². The Balaban J connectivity index is 1.25. The predicted octanol–water partition coefficient (Wildman–Crippen LogP) is 5.58. The van der Waals surface area contributed by atoms with Gasteiger partial charge >= 0.3 is 5.97 Å². The number of aromatic nitrogens is 4. The van der Waals surface area contributed by atoms with Crippen LogP contribution >= 0.6 is 11.6 Å². The van der Waals surface area contributed by atoms with Crippen molar-refractivity contribution in [2.45, 2.75) is 32.1 Å². The van der Waals surface area contributed by atoms with Gasteiger partial charge in [-0.1, -0.05) is 17.7 Å². The van der Waals surface area contributed by atoms with E-state index in [2.05, 4.69) is 20.3 Å². The number of fused-ring (bicyclic) bond motifs is 1. The first-order chi connectivity index (χ1) is 22.1. The maximum atomic E-state index is 15.5. The average molecular weight is 652 g/mol. The van der Waals surface area contributed by atoms with Crippen LogP contribution in [0.5, 0.6) is 5.88 Å². The van der Waals surface area contributed by atoms with Gasteiger partial charge in [-0.05, 0) is 48.4 Å². The normalized spacial score (nSPS) is 14.2. The topological polar surface area (TPSA) is 128 Å². The zero-order chi connectivity index (χ0) is 32.5. The molecule has 2 N–H and O–H groups in total. The Morgan fingerprint density at radius 1 is 1.09 bits per heavy atom. The molecular formula is C32H25ClF3N5O5. The molecule has 10 nitrogen and oxygen atoms in total. The number of nitrogens with one attached hydrogen (secondary N) is 1. The molecule has 0 spiro atoms. The molecule has 0 bridgehead atoms. The molecule has 1 amide bonds. The maximum absolute atomic E-state index is 15.5. The van der Waals surface area contributed by atoms with Gasteiger partial charge < -0.3 is 24.5 Å². The first-order valence-corrected chi connectivity index (χ1v) is 14.5. The maximum Gasteiger partial charge on any atom is 0.335 e. The lowest BCUT2D eigenvalue weighted by molar-refractivity contribution is -0.0589. The third-order valence-corrected chi connectivity index (χ3v) is 7.91. The van der Waals surface area contributed by atoms with E-state index >= 15 is 8.78 Å². The molecule has 0 radical (unpaired) electrons. The molecule has 1 aliphatic heterocycles. The second kappa shape index (κ2) is 12.8. The minimum Gasteiger partial charge on any atom is -0.478 e. The van der Waals surface area contributed by atoms with Crippen molar-refractivity contribution < 1.29 is 37.3 Å². The molecule has 0 aliphatic carbocycles. The Bertz CT molecular complexity index is 2000. The highest BCUT2D eigenvalue weighted by molar-refractivity contribution is 6.31. The molecule has 4 heterocycles. The van der Waals surface area contributed by atoms with Crippen LogP contribution in [0.15, 0.2) is 54.7 Å². The van der Waals surface area contributed by atoms with Crippen LogP contribution in [0, 0.1) is 17.5 Å². The largest absolute Gasteiger partial charge is 0.478 e.